The van der Waals surface area contributed by atoms with E-state index in [-0.39, 0.29) is 0 Å². The van der Waals surface area contributed by atoms with Crippen LogP contribution in [-0.2, 0) is 6.42 Å². The zero-order valence-electron chi connectivity index (χ0n) is 9.54. The van der Waals surface area contributed by atoms with Crippen LogP contribution in [0.1, 0.15) is 11.3 Å². The minimum Gasteiger partial charge on any atom is -0.361 e. The number of aryl methyl sites for hydroxylation is 1. The van der Waals surface area contributed by atoms with E-state index in [0.717, 1.165) is 18.7 Å². The van der Waals surface area contributed by atoms with Crippen molar-refractivity contribution in [3.05, 3.63) is 29.7 Å². The summed E-state index contributed by atoms with van der Waals surface area (Å²) in [6.07, 6.45) is 5.02. The first kappa shape index (κ1) is 10.2. The quantitative estimate of drug-likeness (QED) is 0.827. The SMILES string of the molecule is Cc1nccc2[nH]cc(CCN(C)C)c12. The van der Waals surface area contributed by atoms with Gasteiger partial charge in [0.05, 0.1) is 0 Å². The zero-order valence-corrected chi connectivity index (χ0v) is 9.54. The maximum Gasteiger partial charge on any atom is 0.0490 e. The Balaban J connectivity index is 2.35. The monoisotopic (exact) mass is 203 g/mol. The molecular formula is C12H17N3. The maximum absolute atomic E-state index is 4.33. The Hall–Kier alpha value is -1.35. The molecule has 0 fully saturated rings. The number of rotatable bonds is 3. The molecule has 3 heteroatoms. The minimum atomic E-state index is 1.07. The number of pyridine rings is 1. The first-order valence-corrected chi connectivity index (χ1v) is 5.25. The Bertz CT molecular complexity index is 457. The molecule has 0 aromatic carbocycles. The van der Waals surface area contributed by atoms with Gasteiger partial charge in [0.1, 0.15) is 0 Å². The van der Waals surface area contributed by atoms with E-state index in [1.54, 1.807) is 0 Å². The van der Waals surface area contributed by atoms with Crippen LogP contribution in [0, 0.1) is 6.92 Å². The van der Waals surface area contributed by atoms with Gasteiger partial charge in [-0.2, -0.15) is 0 Å². The molecule has 2 heterocycles. The van der Waals surface area contributed by atoms with Crippen LogP contribution >= 0.6 is 0 Å². The van der Waals surface area contributed by atoms with Crippen molar-refractivity contribution in [1.82, 2.24) is 14.9 Å². The lowest BCUT2D eigenvalue weighted by Crippen LogP contribution is -2.14. The summed E-state index contributed by atoms with van der Waals surface area (Å²) in [6.45, 7) is 3.14. The summed E-state index contributed by atoms with van der Waals surface area (Å²) < 4.78 is 0. The number of likely N-dealkylation sites (N-methyl/N-ethyl adjacent to an activating group) is 1. The maximum atomic E-state index is 4.33. The number of aromatic amines is 1. The van der Waals surface area contributed by atoms with Crippen LogP contribution in [0.2, 0.25) is 0 Å². The summed E-state index contributed by atoms with van der Waals surface area (Å²) in [5.74, 6) is 0. The average Bonchev–Trinajstić information content (AvgIpc) is 2.59. The van der Waals surface area contributed by atoms with Gasteiger partial charge in [-0.25, -0.2) is 0 Å². The fourth-order valence-corrected chi connectivity index (χ4v) is 1.87. The average molecular weight is 203 g/mol. The second-order valence-electron chi connectivity index (χ2n) is 4.19. The van der Waals surface area contributed by atoms with Gasteiger partial charge in [0, 0.05) is 35.5 Å². The molecule has 0 spiro atoms. The van der Waals surface area contributed by atoms with Crippen molar-refractivity contribution < 1.29 is 0 Å². The molecule has 0 amide bonds. The summed E-state index contributed by atoms with van der Waals surface area (Å²) in [6, 6.07) is 2.03. The lowest BCUT2D eigenvalue weighted by molar-refractivity contribution is 0.414. The molecule has 2 rings (SSSR count). The highest BCUT2D eigenvalue weighted by Gasteiger charge is 2.06. The van der Waals surface area contributed by atoms with Crippen LogP contribution in [0.4, 0.5) is 0 Å². The number of fused-ring (bicyclic) bond motifs is 1. The van der Waals surface area contributed by atoms with Gasteiger partial charge in [0.25, 0.3) is 0 Å². The van der Waals surface area contributed by atoms with E-state index >= 15 is 0 Å². The van der Waals surface area contributed by atoms with Gasteiger partial charge in [0.15, 0.2) is 0 Å². The Kier molecular flexibility index (Phi) is 2.73. The highest BCUT2D eigenvalue weighted by Crippen LogP contribution is 2.20. The molecule has 0 unspecified atom stereocenters. The molecule has 1 N–H and O–H groups in total. The first-order valence-electron chi connectivity index (χ1n) is 5.25. The largest absolute Gasteiger partial charge is 0.361 e. The summed E-state index contributed by atoms with van der Waals surface area (Å²) in [7, 11) is 4.19. The van der Waals surface area contributed by atoms with Crippen molar-refractivity contribution in [1.29, 1.82) is 0 Å². The third-order valence-electron chi connectivity index (χ3n) is 2.69. The lowest BCUT2D eigenvalue weighted by Gasteiger charge is -2.08. The molecule has 15 heavy (non-hydrogen) atoms. The molecule has 0 aliphatic heterocycles. The molecule has 0 radical (unpaired) electrons. The third kappa shape index (κ3) is 2.02. The highest BCUT2D eigenvalue weighted by atomic mass is 15.0. The van der Waals surface area contributed by atoms with Crippen molar-refractivity contribution in [3.8, 4) is 0 Å². The molecule has 0 saturated carbocycles. The number of aromatic nitrogens is 2. The molecule has 3 nitrogen and oxygen atoms in total. The van der Waals surface area contributed by atoms with Crippen LogP contribution in [0.5, 0.6) is 0 Å². The van der Waals surface area contributed by atoms with Gasteiger partial charge >= 0.3 is 0 Å². The van der Waals surface area contributed by atoms with Crippen molar-refractivity contribution in [3.63, 3.8) is 0 Å². The molecule has 0 aliphatic rings. The Morgan fingerprint density at radius 2 is 2.20 bits per heavy atom. The van der Waals surface area contributed by atoms with Crippen LogP contribution < -0.4 is 0 Å². The number of nitrogens with zero attached hydrogens (tertiary/aromatic N) is 2. The summed E-state index contributed by atoms with van der Waals surface area (Å²) in [5, 5.41) is 1.29. The predicted molar refractivity (Wildman–Crippen MR) is 63.1 cm³/mol. The van der Waals surface area contributed by atoms with Gasteiger partial charge in [-0.05, 0) is 39.1 Å². The van der Waals surface area contributed by atoms with Crippen molar-refractivity contribution in [2.24, 2.45) is 0 Å². The van der Waals surface area contributed by atoms with E-state index < -0.39 is 0 Å². The van der Waals surface area contributed by atoms with Gasteiger partial charge in [-0.1, -0.05) is 0 Å². The van der Waals surface area contributed by atoms with E-state index in [2.05, 4.69) is 42.1 Å². The fraction of sp³-hybridized carbons (Fsp3) is 0.417. The Labute approximate surface area is 90.1 Å². The van der Waals surface area contributed by atoms with E-state index in [1.807, 2.05) is 12.3 Å². The second-order valence-corrected chi connectivity index (χ2v) is 4.19. The standard InChI is InChI=1S/C12H17N3/c1-9-12-10(5-7-15(2)3)8-14-11(12)4-6-13-9/h4,6,8,14H,5,7H2,1-3H3. The van der Waals surface area contributed by atoms with Gasteiger partial charge in [-0.15, -0.1) is 0 Å². The zero-order chi connectivity index (χ0) is 10.8. The number of hydrogen-bond donors (Lipinski definition) is 1. The van der Waals surface area contributed by atoms with Crippen molar-refractivity contribution in [2.45, 2.75) is 13.3 Å². The van der Waals surface area contributed by atoms with E-state index in [1.165, 1.54) is 16.5 Å². The molecule has 0 aliphatic carbocycles. The molecule has 0 saturated heterocycles. The molecule has 80 valence electrons. The second kappa shape index (κ2) is 4.03. The third-order valence-corrected chi connectivity index (χ3v) is 2.69. The molecular weight excluding hydrogens is 186 g/mol. The molecule has 2 aromatic rings. The summed E-state index contributed by atoms with van der Waals surface area (Å²) >= 11 is 0. The predicted octanol–water partition coefficient (Wildman–Crippen LogP) is 1.98. The topological polar surface area (TPSA) is 31.9 Å². The molecule has 2 aromatic heterocycles. The van der Waals surface area contributed by atoms with E-state index in [0.29, 0.717) is 0 Å². The number of H-pyrrole nitrogens is 1. The minimum absolute atomic E-state index is 1.07. The van der Waals surface area contributed by atoms with Gasteiger partial charge < -0.3 is 9.88 Å². The van der Waals surface area contributed by atoms with Crippen LogP contribution in [-0.4, -0.2) is 35.5 Å². The smallest absolute Gasteiger partial charge is 0.0490 e. The van der Waals surface area contributed by atoms with Crippen LogP contribution in [0.25, 0.3) is 10.9 Å². The number of hydrogen-bond acceptors (Lipinski definition) is 2. The number of nitrogens with one attached hydrogen (secondary N) is 1. The van der Waals surface area contributed by atoms with Crippen LogP contribution in [0.3, 0.4) is 0 Å². The summed E-state index contributed by atoms with van der Waals surface area (Å²) in [5.41, 5.74) is 3.67. The molecule has 0 atom stereocenters. The Morgan fingerprint density at radius 3 is 2.93 bits per heavy atom. The Morgan fingerprint density at radius 1 is 1.40 bits per heavy atom. The van der Waals surface area contributed by atoms with E-state index in [9.17, 15) is 0 Å². The van der Waals surface area contributed by atoms with Crippen molar-refractivity contribution in [2.75, 3.05) is 20.6 Å². The first-order chi connectivity index (χ1) is 7.18. The fourth-order valence-electron chi connectivity index (χ4n) is 1.87. The van der Waals surface area contributed by atoms with Gasteiger partial charge in [-0.3, -0.25) is 4.98 Å². The van der Waals surface area contributed by atoms with Crippen molar-refractivity contribution >= 4 is 10.9 Å². The van der Waals surface area contributed by atoms with E-state index in [4.69, 9.17) is 0 Å². The van der Waals surface area contributed by atoms with Crippen LogP contribution in [0.15, 0.2) is 18.5 Å². The van der Waals surface area contributed by atoms with Gasteiger partial charge in [0.2, 0.25) is 0 Å². The molecule has 0 bridgehead atoms. The lowest BCUT2D eigenvalue weighted by atomic mass is 10.1. The summed E-state index contributed by atoms with van der Waals surface area (Å²) in [4.78, 5) is 9.83. The highest BCUT2D eigenvalue weighted by molar-refractivity contribution is 5.85. The normalized spacial score (nSPS) is 11.5.